The zero-order valence-electron chi connectivity index (χ0n) is 16.2. The molecule has 2 aromatic carbocycles. The van der Waals surface area contributed by atoms with Crippen LogP contribution in [0.1, 0.15) is 13.3 Å². The minimum absolute atomic E-state index is 0.0957. The molecule has 1 saturated heterocycles. The lowest BCUT2D eigenvalue weighted by Crippen LogP contribution is -2.28. The summed E-state index contributed by atoms with van der Waals surface area (Å²) in [5.74, 6) is -0.352. The summed E-state index contributed by atoms with van der Waals surface area (Å²) in [7, 11) is -2.21. The molecule has 1 aliphatic heterocycles. The van der Waals surface area contributed by atoms with Crippen molar-refractivity contribution in [2.75, 3.05) is 30.4 Å². The number of nitrogens with zero attached hydrogens (tertiary/aromatic N) is 1. The second-order valence-corrected chi connectivity index (χ2v) is 8.41. The number of nitrogens with one attached hydrogen (secondary N) is 2. The van der Waals surface area contributed by atoms with Crippen LogP contribution in [-0.4, -0.2) is 40.4 Å². The molecule has 0 radical (unpaired) electrons. The van der Waals surface area contributed by atoms with Gasteiger partial charge in [-0.25, -0.2) is 13.1 Å². The Balaban J connectivity index is 1.70. The molecule has 9 heteroatoms. The van der Waals surface area contributed by atoms with Gasteiger partial charge in [0, 0.05) is 18.7 Å². The Bertz CT molecular complexity index is 1010. The van der Waals surface area contributed by atoms with Gasteiger partial charge in [-0.15, -0.1) is 0 Å². The van der Waals surface area contributed by atoms with Crippen LogP contribution in [0.3, 0.4) is 0 Å². The molecule has 0 unspecified atom stereocenters. The molecule has 1 fully saturated rings. The van der Waals surface area contributed by atoms with Crippen molar-refractivity contribution >= 4 is 33.2 Å². The van der Waals surface area contributed by atoms with Gasteiger partial charge in [-0.1, -0.05) is 12.1 Å². The number of rotatable bonds is 7. The fraction of sp³-hybridized carbons (Fsp3) is 0.300. The molecular formula is C20H23N3O5S. The van der Waals surface area contributed by atoms with Crippen LogP contribution in [-0.2, 0) is 19.6 Å². The average molecular weight is 417 g/mol. The fourth-order valence-electron chi connectivity index (χ4n) is 3.15. The van der Waals surface area contributed by atoms with Gasteiger partial charge in [-0.2, -0.15) is 0 Å². The van der Waals surface area contributed by atoms with Crippen LogP contribution < -0.4 is 19.7 Å². The van der Waals surface area contributed by atoms with Crippen molar-refractivity contribution in [2.24, 2.45) is 5.92 Å². The number of sulfonamides is 1. The zero-order chi connectivity index (χ0) is 21.0. The summed E-state index contributed by atoms with van der Waals surface area (Å²) < 4.78 is 31.4. The molecule has 8 nitrogen and oxygen atoms in total. The summed E-state index contributed by atoms with van der Waals surface area (Å²) in [5, 5.41) is 2.75. The van der Waals surface area contributed by atoms with Crippen LogP contribution in [0.15, 0.2) is 53.4 Å². The highest BCUT2D eigenvalue weighted by Gasteiger charge is 2.36. The maximum atomic E-state index is 12.6. The smallest absolute Gasteiger partial charge is 0.240 e. The molecule has 0 aliphatic carbocycles. The predicted octanol–water partition coefficient (Wildman–Crippen LogP) is 1.99. The summed E-state index contributed by atoms with van der Waals surface area (Å²) in [4.78, 5) is 26.8. The number of carbonyl (C=O) groups is 2. The van der Waals surface area contributed by atoms with Gasteiger partial charge in [0.05, 0.1) is 23.1 Å². The maximum absolute atomic E-state index is 12.6. The predicted molar refractivity (Wildman–Crippen MR) is 109 cm³/mol. The summed E-state index contributed by atoms with van der Waals surface area (Å²) in [6.45, 7) is 2.59. The van der Waals surface area contributed by atoms with Gasteiger partial charge in [-0.3, -0.25) is 9.59 Å². The Labute approximate surface area is 169 Å². The number of hydrogen-bond donors (Lipinski definition) is 2. The molecule has 1 heterocycles. The van der Waals surface area contributed by atoms with Crippen molar-refractivity contribution in [3.8, 4) is 5.75 Å². The molecule has 1 aliphatic rings. The molecule has 29 heavy (non-hydrogen) atoms. The second kappa shape index (κ2) is 8.62. The van der Waals surface area contributed by atoms with Crippen LogP contribution in [0.5, 0.6) is 5.75 Å². The normalized spacial score (nSPS) is 16.7. The van der Waals surface area contributed by atoms with Crippen LogP contribution >= 0.6 is 0 Å². The fourth-order valence-corrected chi connectivity index (χ4v) is 3.88. The number of benzene rings is 2. The van der Waals surface area contributed by atoms with E-state index in [4.69, 9.17) is 4.74 Å². The van der Waals surface area contributed by atoms with Gasteiger partial charge in [-0.05, 0) is 50.4 Å². The van der Waals surface area contributed by atoms with E-state index in [1.165, 1.54) is 31.3 Å². The number of carbonyl (C=O) groups excluding carboxylic acids is 2. The summed E-state index contributed by atoms with van der Waals surface area (Å²) in [6.07, 6.45) is 0.0957. The third-order valence-corrected chi connectivity index (χ3v) is 6.08. The summed E-state index contributed by atoms with van der Waals surface area (Å²) >= 11 is 0. The largest absolute Gasteiger partial charge is 0.492 e. The topological polar surface area (TPSA) is 105 Å². The first kappa shape index (κ1) is 20.8. The minimum atomic E-state index is -3.54. The summed E-state index contributed by atoms with van der Waals surface area (Å²) in [5.41, 5.74) is 1.11. The highest BCUT2D eigenvalue weighted by Crippen LogP contribution is 2.33. The van der Waals surface area contributed by atoms with Crippen LogP contribution in [0.25, 0.3) is 0 Å². The van der Waals surface area contributed by atoms with Crippen molar-refractivity contribution in [1.82, 2.24) is 4.72 Å². The molecule has 2 aromatic rings. The molecule has 0 bridgehead atoms. The number of hydrogen-bond acceptors (Lipinski definition) is 5. The zero-order valence-corrected chi connectivity index (χ0v) is 17.0. The van der Waals surface area contributed by atoms with Crippen LogP contribution in [0.2, 0.25) is 0 Å². The van der Waals surface area contributed by atoms with E-state index in [0.717, 1.165) is 0 Å². The average Bonchev–Trinajstić information content (AvgIpc) is 3.11. The SMILES string of the molecule is CCOc1ccccc1N1C[C@@H](C(=O)Nc2ccc(S(=O)(=O)NC)cc2)CC1=O. The number of ether oxygens (including phenoxy) is 1. The highest BCUT2D eigenvalue weighted by molar-refractivity contribution is 7.89. The number of para-hydroxylation sites is 2. The van der Waals surface area contributed by atoms with Crippen LogP contribution in [0.4, 0.5) is 11.4 Å². The van der Waals surface area contributed by atoms with Gasteiger partial charge in [0.2, 0.25) is 21.8 Å². The Morgan fingerprint density at radius 2 is 1.86 bits per heavy atom. The van der Waals surface area contributed by atoms with E-state index in [1.54, 1.807) is 17.0 Å². The number of anilines is 2. The van der Waals surface area contributed by atoms with Gasteiger partial charge in [0.1, 0.15) is 5.75 Å². The van der Waals surface area contributed by atoms with Gasteiger partial charge in [0.15, 0.2) is 0 Å². The minimum Gasteiger partial charge on any atom is -0.492 e. The molecule has 2 amide bonds. The molecule has 154 valence electrons. The van der Waals surface area contributed by atoms with Crippen molar-refractivity contribution < 1.29 is 22.7 Å². The molecule has 0 spiro atoms. The number of amides is 2. The Morgan fingerprint density at radius 1 is 1.17 bits per heavy atom. The van der Waals surface area contributed by atoms with E-state index in [2.05, 4.69) is 10.0 Å². The first-order valence-corrected chi connectivity index (χ1v) is 10.7. The van der Waals surface area contributed by atoms with Crippen molar-refractivity contribution in [1.29, 1.82) is 0 Å². The van der Waals surface area contributed by atoms with Crippen molar-refractivity contribution in [3.05, 3.63) is 48.5 Å². The standard InChI is InChI=1S/C20H23N3O5S/c1-3-28-18-7-5-4-6-17(18)23-13-14(12-19(23)24)20(25)22-15-8-10-16(11-9-15)29(26,27)21-2/h4-11,14,21H,3,12-13H2,1-2H3,(H,22,25)/t14-/m0/s1. The lowest BCUT2D eigenvalue weighted by atomic mass is 10.1. The molecule has 0 saturated carbocycles. The van der Waals surface area contributed by atoms with Crippen LogP contribution in [0, 0.1) is 5.92 Å². The van der Waals surface area contributed by atoms with E-state index in [-0.39, 0.29) is 29.7 Å². The molecular weight excluding hydrogens is 394 g/mol. The Morgan fingerprint density at radius 3 is 2.52 bits per heavy atom. The lowest BCUT2D eigenvalue weighted by molar-refractivity contribution is -0.122. The lowest BCUT2D eigenvalue weighted by Gasteiger charge is -2.20. The first-order valence-electron chi connectivity index (χ1n) is 9.22. The van der Waals surface area contributed by atoms with E-state index in [9.17, 15) is 18.0 Å². The molecule has 1 atom stereocenters. The molecule has 2 N–H and O–H groups in total. The quantitative estimate of drug-likeness (QED) is 0.717. The third-order valence-electron chi connectivity index (χ3n) is 4.65. The first-order chi connectivity index (χ1) is 13.9. The molecule has 0 aromatic heterocycles. The monoisotopic (exact) mass is 417 g/mol. The van der Waals surface area contributed by atoms with Gasteiger partial charge in [0.25, 0.3) is 0 Å². The molecule has 3 rings (SSSR count). The van der Waals surface area contributed by atoms with Crippen molar-refractivity contribution in [2.45, 2.75) is 18.2 Å². The Kier molecular flexibility index (Phi) is 6.19. The second-order valence-electron chi connectivity index (χ2n) is 6.53. The van der Waals surface area contributed by atoms with E-state index in [0.29, 0.717) is 23.7 Å². The van der Waals surface area contributed by atoms with Crippen molar-refractivity contribution in [3.63, 3.8) is 0 Å². The van der Waals surface area contributed by atoms with E-state index >= 15 is 0 Å². The van der Waals surface area contributed by atoms with E-state index in [1.807, 2.05) is 19.1 Å². The van der Waals surface area contributed by atoms with Gasteiger partial charge < -0.3 is 15.0 Å². The third kappa shape index (κ3) is 4.57. The maximum Gasteiger partial charge on any atom is 0.240 e. The van der Waals surface area contributed by atoms with E-state index < -0.39 is 15.9 Å². The van der Waals surface area contributed by atoms with Gasteiger partial charge >= 0.3 is 0 Å². The summed E-state index contributed by atoms with van der Waals surface area (Å²) in [6, 6.07) is 13.1. The highest BCUT2D eigenvalue weighted by atomic mass is 32.2. The Hall–Kier alpha value is -2.91.